The van der Waals surface area contributed by atoms with E-state index in [4.69, 9.17) is 27.4 Å². The normalized spacial score (nSPS) is 13.0. The Labute approximate surface area is 247 Å². The molecule has 1 amide bonds. The van der Waals surface area contributed by atoms with Crippen LogP contribution in [0.5, 0.6) is 0 Å². The molecule has 10 heteroatoms. The molecule has 0 spiro atoms. The van der Waals surface area contributed by atoms with Crippen LogP contribution in [0.25, 0.3) is 10.8 Å². The molecular weight excluding hydrogens is 536 g/mol. The van der Waals surface area contributed by atoms with Gasteiger partial charge < -0.3 is 32.7 Å². The summed E-state index contributed by atoms with van der Waals surface area (Å²) in [7, 11) is 0. The van der Waals surface area contributed by atoms with Gasteiger partial charge in [-0.3, -0.25) is 19.2 Å². The van der Waals surface area contributed by atoms with Crippen LogP contribution >= 0.6 is 0 Å². The Bertz CT molecular complexity index is 1240. The van der Waals surface area contributed by atoms with Gasteiger partial charge in [0.2, 0.25) is 5.91 Å². The third-order valence-electron chi connectivity index (χ3n) is 6.22. The molecule has 9 N–H and O–H groups in total. The smallest absolute Gasteiger partial charge is 0.320 e. The maximum atomic E-state index is 10.6. The molecule has 3 aromatic carbocycles. The Kier molecular flexibility index (Phi) is 17.7. The number of nitrogens with two attached hydrogens (primary N) is 3. The number of carbonyl (C=O) groups excluding carboxylic acids is 2. The van der Waals surface area contributed by atoms with E-state index in [0.717, 1.165) is 22.6 Å². The van der Waals surface area contributed by atoms with Crippen LogP contribution in [0.15, 0.2) is 66.7 Å². The summed E-state index contributed by atoms with van der Waals surface area (Å²) in [6.45, 7) is 1.94. The standard InChI is InChI=1S/C12H10O2.C9H9NO2.C6H13N.C5H12N2O2/c13-12(14)8-9-5-6-10-3-1-2-4-11(10)7-9;1-7(12)10-9-4-2-8(6-11)3-5-9;7-6-4-2-1-3-5-6;6-3-1-2-4(7)5(8)9/h1-7H,8H2,(H,13,14);2-6H,1H3,(H,10,12);6H,1-5,7H2;4H,1-3,6-7H2,(H,8,9). The number of aliphatic carboxylic acids is 2. The molecule has 1 fully saturated rings. The second-order valence-corrected chi connectivity index (χ2v) is 9.95. The number of carbonyl (C=O) groups is 4. The molecule has 0 saturated heterocycles. The molecule has 1 aliphatic rings. The van der Waals surface area contributed by atoms with Gasteiger partial charge in [-0.15, -0.1) is 0 Å². The quantitative estimate of drug-likeness (QED) is 0.210. The van der Waals surface area contributed by atoms with Crippen molar-refractivity contribution in [2.45, 2.75) is 70.4 Å². The molecule has 3 aromatic rings. The van der Waals surface area contributed by atoms with Crippen molar-refractivity contribution >= 4 is 40.6 Å². The van der Waals surface area contributed by atoms with Crippen molar-refractivity contribution < 1.29 is 29.4 Å². The Hall–Kier alpha value is -4.12. The summed E-state index contributed by atoms with van der Waals surface area (Å²) in [6, 6.07) is 20.1. The summed E-state index contributed by atoms with van der Waals surface area (Å²) in [6.07, 6.45) is 8.65. The average molecular weight is 581 g/mol. The number of nitrogens with one attached hydrogen (secondary N) is 1. The first-order chi connectivity index (χ1) is 20.0. The first kappa shape index (κ1) is 35.9. The highest BCUT2D eigenvalue weighted by Gasteiger charge is 2.09. The lowest BCUT2D eigenvalue weighted by molar-refractivity contribution is -0.139. The summed E-state index contributed by atoms with van der Waals surface area (Å²) >= 11 is 0. The maximum Gasteiger partial charge on any atom is 0.320 e. The van der Waals surface area contributed by atoms with E-state index < -0.39 is 18.0 Å². The van der Waals surface area contributed by atoms with Gasteiger partial charge in [-0.1, -0.05) is 61.7 Å². The van der Waals surface area contributed by atoms with Crippen molar-refractivity contribution in [2.75, 3.05) is 11.9 Å². The lowest BCUT2D eigenvalue weighted by Gasteiger charge is -2.15. The van der Waals surface area contributed by atoms with Crippen LogP contribution in [0.3, 0.4) is 0 Å². The van der Waals surface area contributed by atoms with Crippen LogP contribution in [0.2, 0.25) is 0 Å². The first-order valence-corrected chi connectivity index (χ1v) is 14.0. The summed E-state index contributed by atoms with van der Waals surface area (Å²) in [5.74, 6) is -1.86. The van der Waals surface area contributed by atoms with Gasteiger partial charge in [-0.25, -0.2) is 0 Å². The van der Waals surface area contributed by atoms with Gasteiger partial charge in [0, 0.05) is 24.2 Å². The summed E-state index contributed by atoms with van der Waals surface area (Å²) in [4.78, 5) is 41.4. The van der Waals surface area contributed by atoms with E-state index in [2.05, 4.69) is 5.32 Å². The lowest BCUT2D eigenvalue weighted by atomic mass is 9.97. The number of aldehydes is 1. The molecule has 0 heterocycles. The van der Waals surface area contributed by atoms with Crippen LogP contribution in [-0.2, 0) is 20.8 Å². The molecule has 10 nitrogen and oxygen atoms in total. The molecule has 4 rings (SSSR count). The Balaban J connectivity index is 0.000000289. The molecule has 1 saturated carbocycles. The van der Waals surface area contributed by atoms with Crippen LogP contribution in [0, 0.1) is 0 Å². The largest absolute Gasteiger partial charge is 0.481 e. The van der Waals surface area contributed by atoms with E-state index in [1.165, 1.54) is 39.0 Å². The molecule has 228 valence electrons. The number of fused-ring (bicyclic) bond motifs is 1. The number of carboxylic acid groups (broad SMARTS) is 2. The van der Waals surface area contributed by atoms with Crippen LogP contribution in [-0.4, -0.2) is 53.0 Å². The molecule has 0 bridgehead atoms. The van der Waals surface area contributed by atoms with E-state index >= 15 is 0 Å². The minimum absolute atomic E-state index is 0.0881. The number of benzene rings is 3. The van der Waals surface area contributed by atoms with Crippen LogP contribution in [0.1, 0.15) is 67.8 Å². The highest BCUT2D eigenvalue weighted by molar-refractivity contribution is 5.89. The van der Waals surface area contributed by atoms with Crippen molar-refractivity contribution in [2.24, 2.45) is 17.2 Å². The fraction of sp³-hybridized carbons (Fsp3) is 0.375. The highest BCUT2D eigenvalue weighted by atomic mass is 16.4. The SMILES string of the molecule is CC(=O)Nc1ccc(C=O)cc1.NC1CCCCC1.NCCCC(N)C(=O)O.O=C(O)Cc1ccc2ccccc2c1. The van der Waals surface area contributed by atoms with Crippen molar-refractivity contribution in [3.8, 4) is 0 Å². The minimum atomic E-state index is -0.955. The van der Waals surface area contributed by atoms with E-state index in [1.807, 2.05) is 42.5 Å². The predicted molar refractivity (Wildman–Crippen MR) is 166 cm³/mol. The molecule has 0 aromatic heterocycles. The van der Waals surface area contributed by atoms with E-state index in [9.17, 15) is 19.2 Å². The van der Waals surface area contributed by atoms with Crippen molar-refractivity contribution in [1.29, 1.82) is 0 Å². The number of hydrogen-bond donors (Lipinski definition) is 6. The number of carboxylic acids is 2. The van der Waals surface area contributed by atoms with Crippen molar-refractivity contribution in [3.63, 3.8) is 0 Å². The average Bonchev–Trinajstić information content (AvgIpc) is 2.97. The molecular formula is C32H44N4O6. The van der Waals surface area contributed by atoms with Gasteiger partial charge >= 0.3 is 11.9 Å². The van der Waals surface area contributed by atoms with Crippen molar-refractivity contribution in [3.05, 3.63) is 77.9 Å². The Morgan fingerprint density at radius 1 is 0.952 bits per heavy atom. The molecule has 0 aliphatic heterocycles. The highest BCUT2D eigenvalue weighted by Crippen LogP contribution is 2.16. The second kappa shape index (κ2) is 20.7. The van der Waals surface area contributed by atoms with Crippen LogP contribution in [0.4, 0.5) is 5.69 Å². The molecule has 1 aliphatic carbocycles. The zero-order valence-corrected chi connectivity index (χ0v) is 24.2. The first-order valence-electron chi connectivity index (χ1n) is 14.0. The number of amides is 1. The predicted octanol–water partition coefficient (Wildman–Crippen LogP) is 4.34. The summed E-state index contributed by atoms with van der Waals surface area (Å²) < 4.78 is 0. The molecule has 0 radical (unpaired) electrons. The van der Waals surface area contributed by atoms with Gasteiger partial charge in [0.1, 0.15) is 12.3 Å². The summed E-state index contributed by atoms with van der Waals surface area (Å²) in [5, 5.41) is 21.7. The summed E-state index contributed by atoms with van der Waals surface area (Å²) in [5.41, 5.74) is 18.1. The van der Waals surface area contributed by atoms with Gasteiger partial charge in [0.15, 0.2) is 0 Å². The van der Waals surface area contributed by atoms with Crippen LogP contribution < -0.4 is 22.5 Å². The number of hydrogen-bond acceptors (Lipinski definition) is 7. The minimum Gasteiger partial charge on any atom is -0.481 e. The van der Waals surface area contributed by atoms with Gasteiger partial charge in [0.05, 0.1) is 6.42 Å². The third kappa shape index (κ3) is 16.2. The van der Waals surface area contributed by atoms with Gasteiger partial charge in [0.25, 0.3) is 0 Å². The van der Waals surface area contributed by atoms with E-state index in [1.54, 1.807) is 24.3 Å². The Morgan fingerprint density at radius 2 is 1.57 bits per heavy atom. The number of anilines is 1. The maximum absolute atomic E-state index is 10.6. The zero-order chi connectivity index (χ0) is 31.3. The molecule has 1 atom stereocenters. The fourth-order valence-electron chi connectivity index (χ4n) is 3.97. The molecule has 1 unspecified atom stereocenters. The fourth-order valence-corrected chi connectivity index (χ4v) is 3.97. The topological polar surface area (TPSA) is 199 Å². The zero-order valence-electron chi connectivity index (χ0n) is 24.2. The van der Waals surface area contributed by atoms with Gasteiger partial charge in [-0.05, 0) is 72.8 Å². The van der Waals surface area contributed by atoms with E-state index in [-0.39, 0.29) is 12.3 Å². The second-order valence-electron chi connectivity index (χ2n) is 9.95. The number of rotatable bonds is 8. The van der Waals surface area contributed by atoms with E-state index in [0.29, 0.717) is 36.7 Å². The lowest BCUT2D eigenvalue weighted by Crippen LogP contribution is -2.30. The third-order valence-corrected chi connectivity index (χ3v) is 6.22. The molecule has 42 heavy (non-hydrogen) atoms. The Morgan fingerprint density at radius 3 is 2.05 bits per heavy atom. The monoisotopic (exact) mass is 580 g/mol. The van der Waals surface area contributed by atoms with Gasteiger partial charge in [-0.2, -0.15) is 0 Å². The van der Waals surface area contributed by atoms with Crippen molar-refractivity contribution in [1.82, 2.24) is 0 Å².